The number of aromatic nitrogens is 1. The zero-order valence-electron chi connectivity index (χ0n) is 18.5. The minimum atomic E-state index is -0.596. The van der Waals surface area contributed by atoms with Gasteiger partial charge in [-0.2, -0.15) is 5.10 Å². The molecule has 0 atom stereocenters. The molecule has 4 aromatic rings. The number of para-hydroxylation sites is 1. The number of nitro benzene ring substituents is 2. The van der Waals surface area contributed by atoms with Gasteiger partial charge in [0.05, 0.1) is 21.1 Å². The van der Waals surface area contributed by atoms with Crippen LogP contribution >= 0.6 is 0 Å². The summed E-state index contributed by atoms with van der Waals surface area (Å²) in [5.74, 6) is -0.334. The van der Waals surface area contributed by atoms with Gasteiger partial charge in [-0.1, -0.05) is 18.2 Å². The molecule has 0 bridgehead atoms. The minimum Gasteiger partial charge on any atom is -0.313 e. The second kappa shape index (κ2) is 9.79. The van der Waals surface area contributed by atoms with Gasteiger partial charge in [-0.25, -0.2) is 0 Å². The molecule has 4 rings (SSSR count). The van der Waals surface area contributed by atoms with Crippen LogP contribution in [-0.2, 0) is 0 Å². The van der Waals surface area contributed by atoms with Crippen molar-refractivity contribution in [2.75, 3.05) is 5.43 Å². The fourth-order valence-electron chi connectivity index (χ4n) is 3.69. The third-order valence-electron chi connectivity index (χ3n) is 5.30. The van der Waals surface area contributed by atoms with Gasteiger partial charge >= 0.3 is 0 Å². The van der Waals surface area contributed by atoms with E-state index in [1.165, 1.54) is 42.6 Å². The maximum Gasteiger partial charge on any atom is 0.294 e. The lowest BCUT2D eigenvalue weighted by molar-refractivity contribution is -0.385. The highest BCUT2D eigenvalue weighted by atomic mass is 16.6. The number of ketones is 1. The number of carbonyl (C=O) groups excluding carboxylic acids is 1. The van der Waals surface area contributed by atoms with Gasteiger partial charge in [-0.3, -0.25) is 30.4 Å². The second-order valence-electron chi connectivity index (χ2n) is 7.55. The molecule has 0 saturated heterocycles. The SMILES string of the molecule is Cc1cc2ccccn2c1C(=O)c1ccc(N/N=C/C=C/c2ccccc2[N+](=O)[O-])c([N+](=O)[O-])c1. The lowest BCUT2D eigenvalue weighted by Crippen LogP contribution is -2.08. The number of hydrazone groups is 1. The van der Waals surface area contributed by atoms with Gasteiger partial charge in [0.1, 0.15) is 5.69 Å². The zero-order valence-corrected chi connectivity index (χ0v) is 18.5. The summed E-state index contributed by atoms with van der Waals surface area (Å²) in [7, 11) is 0. The third-order valence-corrected chi connectivity index (χ3v) is 5.30. The molecule has 0 fully saturated rings. The molecule has 0 saturated carbocycles. The number of nitro groups is 2. The Labute approximate surface area is 199 Å². The molecular formula is C25H19N5O5. The quantitative estimate of drug-likeness (QED) is 0.159. The highest BCUT2D eigenvalue weighted by Crippen LogP contribution is 2.28. The van der Waals surface area contributed by atoms with Crippen molar-refractivity contribution >= 4 is 40.7 Å². The summed E-state index contributed by atoms with van der Waals surface area (Å²) in [6.07, 6.45) is 6.06. The fraction of sp³-hybridized carbons (Fsp3) is 0.0400. The summed E-state index contributed by atoms with van der Waals surface area (Å²) < 4.78 is 1.75. The van der Waals surface area contributed by atoms with Crippen LogP contribution in [0.1, 0.15) is 27.2 Å². The van der Waals surface area contributed by atoms with Gasteiger partial charge in [0.2, 0.25) is 5.78 Å². The summed E-state index contributed by atoms with van der Waals surface area (Å²) in [6.45, 7) is 1.82. The third kappa shape index (κ3) is 4.81. The highest BCUT2D eigenvalue weighted by molar-refractivity contribution is 6.10. The van der Waals surface area contributed by atoms with Gasteiger partial charge in [0, 0.05) is 35.6 Å². The van der Waals surface area contributed by atoms with E-state index >= 15 is 0 Å². The number of aryl methyl sites for hydroxylation is 1. The molecule has 0 spiro atoms. The number of hydrogen-bond donors (Lipinski definition) is 1. The van der Waals surface area contributed by atoms with Crippen LogP contribution in [0.5, 0.6) is 0 Å². The van der Waals surface area contributed by atoms with E-state index in [0.717, 1.165) is 11.1 Å². The first kappa shape index (κ1) is 23.1. The lowest BCUT2D eigenvalue weighted by Gasteiger charge is -2.07. The van der Waals surface area contributed by atoms with Crippen molar-refractivity contribution < 1.29 is 14.6 Å². The number of benzene rings is 2. The number of carbonyl (C=O) groups is 1. The summed E-state index contributed by atoms with van der Waals surface area (Å²) in [4.78, 5) is 34.8. The van der Waals surface area contributed by atoms with Crippen LogP contribution in [0.25, 0.3) is 11.6 Å². The molecule has 2 aromatic heterocycles. The van der Waals surface area contributed by atoms with Crippen molar-refractivity contribution in [1.82, 2.24) is 4.40 Å². The number of pyridine rings is 1. The van der Waals surface area contributed by atoms with Gasteiger partial charge < -0.3 is 4.40 Å². The minimum absolute atomic E-state index is 0.0491. The van der Waals surface area contributed by atoms with Crippen molar-refractivity contribution in [2.24, 2.45) is 5.10 Å². The van der Waals surface area contributed by atoms with Crippen LogP contribution in [-0.4, -0.2) is 26.2 Å². The molecule has 0 aliphatic carbocycles. The molecule has 0 aliphatic heterocycles. The zero-order chi connectivity index (χ0) is 24.9. The monoisotopic (exact) mass is 469 g/mol. The van der Waals surface area contributed by atoms with Crippen molar-refractivity contribution in [2.45, 2.75) is 6.92 Å². The van der Waals surface area contributed by atoms with Gasteiger partial charge in [-0.15, -0.1) is 0 Å². The number of rotatable bonds is 8. The molecule has 0 radical (unpaired) electrons. The average molecular weight is 469 g/mol. The largest absolute Gasteiger partial charge is 0.313 e. The predicted octanol–water partition coefficient (Wildman–Crippen LogP) is 5.41. The highest BCUT2D eigenvalue weighted by Gasteiger charge is 2.21. The van der Waals surface area contributed by atoms with E-state index in [0.29, 0.717) is 11.3 Å². The number of hydrogen-bond acceptors (Lipinski definition) is 7. The van der Waals surface area contributed by atoms with E-state index in [-0.39, 0.29) is 28.4 Å². The van der Waals surface area contributed by atoms with Crippen LogP contribution in [0.2, 0.25) is 0 Å². The van der Waals surface area contributed by atoms with Crippen molar-refractivity contribution in [1.29, 1.82) is 0 Å². The summed E-state index contributed by atoms with van der Waals surface area (Å²) >= 11 is 0. The predicted molar refractivity (Wildman–Crippen MR) is 133 cm³/mol. The second-order valence-corrected chi connectivity index (χ2v) is 7.55. The first-order valence-corrected chi connectivity index (χ1v) is 10.5. The van der Waals surface area contributed by atoms with Crippen molar-refractivity contribution in [3.63, 3.8) is 0 Å². The standard InChI is InChI=1S/C25H19N5O5/c1-17-15-20-9-4-5-14-28(20)24(17)25(31)19-11-12-21(23(16-19)30(34)35)27-26-13-6-8-18-7-2-3-10-22(18)29(32)33/h2-16,27H,1H3/b8-6+,26-13+. The van der Waals surface area contributed by atoms with E-state index in [2.05, 4.69) is 10.5 Å². The normalized spacial score (nSPS) is 11.3. The maximum atomic E-state index is 13.2. The number of fused-ring (bicyclic) bond motifs is 1. The van der Waals surface area contributed by atoms with Crippen LogP contribution in [0.15, 0.2) is 84.1 Å². The Morgan fingerprint density at radius 1 is 0.971 bits per heavy atom. The first-order valence-electron chi connectivity index (χ1n) is 10.5. The maximum absolute atomic E-state index is 13.2. The van der Waals surface area contributed by atoms with E-state index in [4.69, 9.17) is 0 Å². The van der Waals surface area contributed by atoms with Crippen molar-refractivity contribution in [3.05, 3.63) is 122 Å². The summed E-state index contributed by atoms with van der Waals surface area (Å²) in [6, 6.07) is 17.8. The average Bonchev–Trinajstić information content (AvgIpc) is 3.19. The summed E-state index contributed by atoms with van der Waals surface area (Å²) in [5.41, 5.74) is 4.95. The van der Waals surface area contributed by atoms with E-state index in [1.807, 2.05) is 25.1 Å². The molecule has 35 heavy (non-hydrogen) atoms. The fourth-order valence-corrected chi connectivity index (χ4v) is 3.69. The lowest BCUT2D eigenvalue weighted by atomic mass is 10.0. The molecule has 2 heterocycles. The molecule has 174 valence electrons. The van der Waals surface area contributed by atoms with Crippen LogP contribution in [0.3, 0.4) is 0 Å². The van der Waals surface area contributed by atoms with Crippen LogP contribution < -0.4 is 5.43 Å². The molecule has 0 aliphatic rings. The van der Waals surface area contributed by atoms with E-state index < -0.39 is 9.85 Å². The van der Waals surface area contributed by atoms with Crippen molar-refractivity contribution in [3.8, 4) is 0 Å². The summed E-state index contributed by atoms with van der Waals surface area (Å²) in [5, 5.41) is 26.7. The van der Waals surface area contributed by atoms with Gasteiger partial charge in [0.25, 0.3) is 11.4 Å². The van der Waals surface area contributed by atoms with Gasteiger partial charge in [0.15, 0.2) is 0 Å². The Kier molecular flexibility index (Phi) is 6.45. The van der Waals surface area contributed by atoms with E-state index in [1.54, 1.807) is 34.9 Å². The van der Waals surface area contributed by atoms with Crippen LogP contribution in [0, 0.1) is 27.2 Å². The molecule has 10 nitrogen and oxygen atoms in total. The number of nitrogens with zero attached hydrogens (tertiary/aromatic N) is 4. The Balaban J connectivity index is 1.55. The Morgan fingerprint density at radius 2 is 1.71 bits per heavy atom. The number of allylic oxidation sites excluding steroid dienone is 1. The number of anilines is 1. The topological polar surface area (TPSA) is 132 Å². The molecular weight excluding hydrogens is 450 g/mol. The molecule has 0 amide bonds. The molecule has 2 aromatic carbocycles. The molecule has 1 N–H and O–H groups in total. The Bertz CT molecular complexity index is 1520. The molecule has 0 unspecified atom stereocenters. The van der Waals surface area contributed by atoms with E-state index in [9.17, 15) is 25.0 Å². The van der Waals surface area contributed by atoms with Crippen LogP contribution in [0.4, 0.5) is 17.1 Å². The number of nitrogens with one attached hydrogen (secondary N) is 1. The molecule has 10 heteroatoms. The Hall–Kier alpha value is -5.12. The Morgan fingerprint density at radius 3 is 2.49 bits per heavy atom. The van der Waals surface area contributed by atoms with Gasteiger partial charge in [-0.05, 0) is 61.0 Å². The smallest absolute Gasteiger partial charge is 0.294 e. The first-order chi connectivity index (χ1) is 16.9.